The Labute approximate surface area is 205 Å². The molecule has 0 spiro atoms. The quantitative estimate of drug-likeness (QED) is 0.520. The minimum atomic E-state index is -0.192. The van der Waals surface area contributed by atoms with Crippen molar-refractivity contribution < 1.29 is 28.5 Å². The summed E-state index contributed by atoms with van der Waals surface area (Å²) in [4.78, 5) is 17.0. The molecule has 4 heterocycles. The summed E-state index contributed by atoms with van der Waals surface area (Å²) in [5.74, 6) is 0.638. The van der Waals surface area contributed by atoms with Crippen LogP contribution in [0.2, 0.25) is 0 Å². The number of aromatic nitrogens is 4. The van der Waals surface area contributed by atoms with E-state index in [1.807, 2.05) is 19.2 Å². The molecule has 1 aliphatic carbocycles. The second-order valence-corrected chi connectivity index (χ2v) is 9.56. The van der Waals surface area contributed by atoms with Crippen molar-refractivity contribution in [3.05, 3.63) is 23.5 Å². The Bertz CT molecular complexity index is 1020. The molecule has 0 radical (unpaired) electrons. The summed E-state index contributed by atoms with van der Waals surface area (Å²) >= 11 is 0. The van der Waals surface area contributed by atoms with Crippen LogP contribution in [-0.2, 0) is 37.4 Å². The number of aryl methyl sites for hydroxylation is 1. The molecule has 2 aliphatic heterocycles. The molecule has 2 saturated heterocycles. The Balaban J connectivity index is 1.34. The summed E-state index contributed by atoms with van der Waals surface area (Å²) < 4.78 is 30.3. The number of esters is 1. The largest absolute Gasteiger partial charge is 0.488 e. The second kappa shape index (κ2) is 11.0. The number of carbonyl (C=O) groups excluding carboxylic acids is 1. The third-order valence-corrected chi connectivity index (χ3v) is 7.09. The molecule has 1 saturated carbocycles. The molecule has 3 fully saturated rings. The fraction of sp³-hybridized carbons (Fsp3) is 0.680. The van der Waals surface area contributed by atoms with E-state index in [0.29, 0.717) is 31.9 Å². The van der Waals surface area contributed by atoms with E-state index in [2.05, 4.69) is 10.3 Å². The highest BCUT2D eigenvalue weighted by Crippen LogP contribution is 2.36. The van der Waals surface area contributed by atoms with Gasteiger partial charge in [0.15, 0.2) is 6.29 Å². The van der Waals surface area contributed by atoms with Gasteiger partial charge in [-0.1, -0.05) is 5.21 Å². The maximum absolute atomic E-state index is 12.0. The predicted molar refractivity (Wildman–Crippen MR) is 125 cm³/mol. The molecule has 3 atom stereocenters. The standard InChI is InChI=1S/C25H34N4O6/c1-29-20(15-34-22-8-3-4-11-33-22)24(27-28-29)19-9-10-21(23(26-19)17-13-32-14-17)35-18-7-5-6-16(12-18)25(30)31-2/h9-10,16-18,22H,3-8,11-15H2,1-2H3/t16-,18-,22?/m0/s1. The fourth-order valence-electron chi connectivity index (χ4n) is 4.94. The van der Waals surface area contributed by atoms with E-state index in [-0.39, 0.29) is 30.2 Å². The predicted octanol–water partition coefficient (Wildman–Crippen LogP) is 3.14. The van der Waals surface area contributed by atoms with Gasteiger partial charge in [-0.2, -0.15) is 0 Å². The minimum Gasteiger partial charge on any atom is -0.488 e. The summed E-state index contributed by atoms with van der Waals surface area (Å²) in [7, 11) is 3.30. The number of ether oxygens (including phenoxy) is 5. The monoisotopic (exact) mass is 486 g/mol. The van der Waals surface area contributed by atoms with E-state index >= 15 is 0 Å². The zero-order valence-corrected chi connectivity index (χ0v) is 20.5. The van der Waals surface area contributed by atoms with Gasteiger partial charge in [0.2, 0.25) is 0 Å². The molecular weight excluding hydrogens is 452 g/mol. The highest BCUT2D eigenvalue weighted by Gasteiger charge is 2.32. The van der Waals surface area contributed by atoms with Crippen LogP contribution in [0.15, 0.2) is 12.1 Å². The lowest BCUT2D eigenvalue weighted by Gasteiger charge is -2.31. The first kappa shape index (κ1) is 24.1. The van der Waals surface area contributed by atoms with Crippen molar-refractivity contribution in [2.75, 3.05) is 26.9 Å². The lowest BCUT2D eigenvalue weighted by Crippen LogP contribution is -2.32. The third kappa shape index (κ3) is 5.49. The van der Waals surface area contributed by atoms with Crippen LogP contribution in [0.25, 0.3) is 11.4 Å². The minimum absolute atomic E-state index is 0.0452. The van der Waals surface area contributed by atoms with E-state index in [4.69, 9.17) is 28.7 Å². The SMILES string of the molecule is COC(=O)[C@H]1CCC[C@H](Oc2ccc(-c3nnn(C)c3COC3CCCCO3)nc2C2COC2)C1. The van der Waals surface area contributed by atoms with Crippen LogP contribution in [0.5, 0.6) is 5.75 Å². The maximum Gasteiger partial charge on any atom is 0.308 e. The molecule has 190 valence electrons. The summed E-state index contributed by atoms with van der Waals surface area (Å²) in [6.07, 6.45) is 6.19. The number of hydrogen-bond acceptors (Lipinski definition) is 9. The lowest BCUT2D eigenvalue weighted by molar-refractivity contribution is -0.169. The number of rotatable bonds is 8. The van der Waals surface area contributed by atoms with Crippen molar-refractivity contribution in [2.24, 2.45) is 13.0 Å². The van der Waals surface area contributed by atoms with Crippen LogP contribution in [0.1, 0.15) is 62.3 Å². The van der Waals surface area contributed by atoms with Gasteiger partial charge in [0.1, 0.15) is 11.4 Å². The molecule has 1 unspecified atom stereocenters. The van der Waals surface area contributed by atoms with Crippen LogP contribution < -0.4 is 4.74 Å². The Hall–Kier alpha value is -2.56. The first-order chi connectivity index (χ1) is 17.1. The van der Waals surface area contributed by atoms with Crippen LogP contribution in [-0.4, -0.2) is 65.3 Å². The van der Waals surface area contributed by atoms with Crippen LogP contribution in [0.4, 0.5) is 0 Å². The van der Waals surface area contributed by atoms with E-state index in [9.17, 15) is 4.79 Å². The molecule has 10 heteroatoms. The summed E-state index contributed by atoms with van der Waals surface area (Å²) in [6, 6.07) is 3.88. The topological polar surface area (TPSA) is 107 Å². The van der Waals surface area contributed by atoms with Gasteiger partial charge in [-0.3, -0.25) is 4.79 Å². The average Bonchev–Trinajstić information content (AvgIpc) is 3.23. The van der Waals surface area contributed by atoms with E-state index in [0.717, 1.165) is 68.0 Å². The zero-order valence-electron chi connectivity index (χ0n) is 20.5. The number of nitrogens with zero attached hydrogens (tertiary/aromatic N) is 4. The van der Waals surface area contributed by atoms with Crippen LogP contribution in [0, 0.1) is 5.92 Å². The molecule has 0 aromatic carbocycles. The fourth-order valence-corrected chi connectivity index (χ4v) is 4.94. The van der Waals surface area contributed by atoms with E-state index in [1.54, 1.807) is 4.68 Å². The lowest BCUT2D eigenvalue weighted by atomic mass is 9.87. The number of carbonyl (C=O) groups is 1. The first-order valence-electron chi connectivity index (χ1n) is 12.6. The molecule has 10 nitrogen and oxygen atoms in total. The van der Waals surface area contributed by atoms with Gasteiger partial charge in [-0.05, 0) is 57.1 Å². The Morgan fingerprint density at radius 1 is 1.17 bits per heavy atom. The Morgan fingerprint density at radius 3 is 2.80 bits per heavy atom. The molecule has 3 aliphatic rings. The van der Waals surface area contributed by atoms with Gasteiger partial charge < -0.3 is 23.7 Å². The molecule has 2 aromatic heterocycles. The third-order valence-electron chi connectivity index (χ3n) is 7.09. The molecule has 5 rings (SSSR count). The summed E-state index contributed by atoms with van der Waals surface area (Å²) in [5.41, 5.74) is 3.14. The van der Waals surface area contributed by atoms with Gasteiger partial charge >= 0.3 is 5.97 Å². The molecule has 0 amide bonds. The van der Waals surface area contributed by atoms with Crippen molar-refractivity contribution >= 4 is 5.97 Å². The van der Waals surface area contributed by atoms with Crippen LogP contribution in [0.3, 0.4) is 0 Å². The van der Waals surface area contributed by atoms with Gasteiger partial charge in [0, 0.05) is 13.7 Å². The Kier molecular flexibility index (Phi) is 7.60. The molecule has 0 N–H and O–H groups in total. The van der Waals surface area contributed by atoms with Crippen molar-refractivity contribution in [3.8, 4) is 17.1 Å². The number of methoxy groups -OCH3 is 1. The van der Waals surface area contributed by atoms with Gasteiger partial charge in [0.05, 0.1) is 62.0 Å². The molecule has 0 bridgehead atoms. The molecular formula is C25H34N4O6. The zero-order chi connectivity index (χ0) is 24.2. The Morgan fingerprint density at radius 2 is 2.06 bits per heavy atom. The molecule has 35 heavy (non-hydrogen) atoms. The van der Waals surface area contributed by atoms with Gasteiger partial charge in [-0.25, -0.2) is 9.67 Å². The van der Waals surface area contributed by atoms with Crippen molar-refractivity contribution in [2.45, 2.75) is 69.9 Å². The molecule has 2 aromatic rings. The highest BCUT2D eigenvalue weighted by molar-refractivity contribution is 5.72. The van der Waals surface area contributed by atoms with Crippen LogP contribution >= 0.6 is 0 Å². The highest BCUT2D eigenvalue weighted by atomic mass is 16.7. The van der Waals surface area contributed by atoms with E-state index in [1.165, 1.54) is 7.11 Å². The van der Waals surface area contributed by atoms with Gasteiger partial charge in [0.25, 0.3) is 0 Å². The summed E-state index contributed by atoms with van der Waals surface area (Å²) in [5, 5.41) is 8.60. The smallest absolute Gasteiger partial charge is 0.308 e. The summed E-state index contributed by atoms with van der Waals surface area (Å²) in [6.45, 7) is 2.30. The average molecular weight is 487 g/mol. The second-order valence-electron chi connectivity index (χ2n) is 9.56. The van der Waals surface area contributed by atoms with Gasteiger partial charge in [-0.15, -0.1) is 5.10 Å². The number of hydrogen-bond donors (Lipinski definition) is 0. The van der Waals surface area contributed by atoms with Crippen molar-refractivity contribution in [3.63, 3.8) is 0 Å². The normalized spacial score (nSPS) is 25.1. The van der Waals surface area contributed by atoms with Crippen molar-refractivity contribution in [1.29, 1.82) is 0 Å². The van der Waals surface area contributed by atoms with E-state index < -0.39 is 0 Å². The van der Waals surface area contributed by atoms with Crippen molar-refractivity contribution in [1.82, 2.24) is 20.0 Å². The first-order valence-corrected chi connectivity index (χ1v) is 12.6. The number of pyridine rings is 1. The maximum atomic E-state index is 12.0.